The molecule has 2 unspecified atom stereocenters. The van der Waals surface area contributed by atoms with Crippen LogP contribution in [-0.2, 0) is 21.7 Å². The van der Waals surface area contributed by atoms with Crippen molar-refractivity contribution in [1.82, 2.24) is 0 Å². The van der Waals surface area contributed by atoms with Gasteiger partial charge in [0.25, 0.3) is 0 Å². The first-order valence-corrected chi connectivity index (χ1v) is 10.1. The second kappa shape index (κ2) is 9.62. The first kappa shape index (κ1) is 23.0. The number of hydrogen-bond donors (Lipinski definition) is 4. The Labute approximate surface area is 180 Å². The Morgan fingerprint density at radius 1 is 1.07 bits per heavy atom. The number of halogens is 1. The molecule has 5 atom stereocenters. The molecule has 7 nitrogen and oxygen atoms in total. The van der Waals surface area contributed by atoms with E-state index >= 15 is 0 Å². The van der Waals surface area contributed by atoms with Crippen LogP contribution >= 0.6 is 11.6 Å². The van der Waals surface area contributed by atoms with Gasteiger partial charge in [-0.05, 0) is 48.7 Å². The fraction of sp³-hybridized carbons (Fsp3) is 0.455. The lowest BCUT2D eigenvalue weighted by molar-refractivity contribution is -0.366. The van der Waals surface area contributed by atoms with E-state index in [4.69, 9.17) is 25.8 Å². The van der Waals surface area contributed by atoms with Gasteiger partial charge in [0, 0.05) is 17.7 Å². The molecule has 1 heterocycles. The van der Waals surface area contributed by atoms with Crippen LogP contribution in [-0.4, -0.2) is 65.2 Å². The standard InChI is InChI=1S/C22H27ClO7/c1-3-29-16-7-4-13(5-8-16)10-14-11-15(6-9-17(14)23)22(28-2)21(27)20(26)19(25)18(12-24)30-22/h4-9,11,18-21,24-27H,3,10,12H2,1-2H3/t18?,19-,20?,21-,22+/m1/s1. The topological polar surface area (TPSA) is 109 Å². The lowest BCUT2D eigenvalue weighted by Gasteiger charge is -2.47. The van der Waals surface area contributed by atoms with Crippen molar-refractivity contribution in [3.05, 3.63) is 64.2 Å². The van der Waals surface area contributed by atoms with Gasteiger partial charge in [0.05, 0.1) is 13.2 Å². The Kier molecular flexibility index (Phi) is 7.36. The lowest BCUT2D eigenvalue weighted by Crippen LogP contribution is -2.64. The van der Waals surface area contributed by atoms with Crippen LogP contribution in [0.25, 0.3) is 0 Å². The molecule has 1 aliphatic rings. The largest absolute Gasteiger partial charge is 0.494 e. The summed E-state index contributed by atoms with van der Waals surface area (Å²) in [5.41, 5.74) is 2.16. The third-order valence-electron chi connectivity index (χ3n) is 5.33. The average molecular weight is 439 g/mol. The quantitative estimate of drug-likeness (QED) is 0.520. The van der Waals surface area contributed by atoms with Gasteiger partial charge in [-0.15, -0.1) is 0 Å². The average Bonchev–Trinajstić information content (AvgIpc) is 2.76. The Morgan fingerprint density at radius 3 is 2.37 bits per heavy atom. The van der Waals surface area contributed by atoms with E-state index in [0.717, 1.165) is 16.9 Å². The summed E-state index contributed by atoms with van der Waals surface area (Å²) in [4.78, 5) is 0. The normalized spacial score (nSPS) is 29.0. The van der Waals surface area contributed by atoms with E-state index < -0.39 is 36.8 Å². The summed E-state index contributed by atoms with van der Waals surface area (Å²) in [5, 5.41) is 41.1. The van der Waals surface area contributed by atoms with Crippen molar-refractivity contribution in [2.45, 2.75) is 43.5 Å². The van der Waals surface area contributed by atoms with Gasteiger partial charge in [0.1, 0.15) is 30.2 Å². The van der Waals surface area contributed by atoms with Crippen LogP contribution in [0.3, 0.4) is 0 Å². The van der Waals surface area contributed by atoms with Crippen molar-refractivity contribution in [3.63, 3.8) is 0 Å². The molecule has 164 valence electrons. The molecular weight excluding hydrogens is 412 g/mol. The monoisotopic (exact) mass is 438 g/mol. The van der Waals surface area contributed by atoms with E-state index in [1.807, 2.05) is 31.2 Å². The highest BCUT2D eigenvalue weighted by molar-refractivity contribution is 6.31. The number of methoxy groups -OCH3 is 1. The van der Waals surface area contributed by atoms with Gasteiger partial charge in [-0.2, -0.15) is 0 Å². The van der Waals surface area contributed by atoms with Crippen molar-refractivity contribution in [1.29, 1.82) is 0 Å². The SMILES string of the molecule is CCOc1ccc(Cc2cc([C@]3(OC)OC(CO)[C@@H](O)C(O)[C@H]3O)ccc2Cl)cc1. The zero-order valence-electron chi connectivity index (χ0n) is 16.9. The number of benzene rings is 2. The molecule has 0 aliphatic carbocycles. The highest BCUT2D eigenvalue weighted by atomic mass is 35.5. The van der Waals surface area contributed by atoms with Crippen molar-refractivity contribution in [3.8, 4) is 5.75 Å². The van der Waals surface area contributed by atoms with Crippen molar-refractivity contribution in [2.24, 2.45) is 0 Å². The number of ether oxygens (including phenoxy) is 3. The van der Waals surface area contributed by atoms with Gasteiger partial charge in [-0.1, -0.05) is 29.8 Å². The van der Waals surface area contributed by atoms with Crippen LogP contribution in [0.2, 0.25) is 5.02 Å². The lowest BCUT2D eigenvalue weighted by atomic mass is 9.87. The molecule has 3 rings (SSSR count). The predicted octanol–water partition coefficient (Wildman–Crippen LogP) is 1.60. The number of rotatable bonds is 7. The summed E-state index contributed by atoms with van der Waals surface area (Å²) in [6, 6.07) is 12.6. The van der Waals surface area contributed by atoms with Crippen LogP contribution in [0.15, 0.2) is 42.5 Å². The molecule has 0 amide bonds. The summed E-state index contributed by atoms with van der Waals surface area (Å²) in [5.74, 6) is -0.995. The highest BCUT2D eigenvalue weighted by Crippen LogP contribution is 2.40. The summed E-state index contributed by atoms with van der Waals surface area (Å²) in [7, 11) is 1.32. The van der Waals surface area contributed by atoms with Gasteiger partial charge in [0.15, 0.2) is 0 Å². The van der Waals surface area contributed by atoms with E-state index in [1.54, 1.807) is 18.2 Å². The maximum Gasteiger partial charge on any atom is 0.224 e. The molecule has 0 bridgehead atoms. The first-order valence-electron chi connectivity index (χ1n) is 9.75. The summed E-state index contributed by atoms with van der Waals surface area (Å²) in [6.07, 6.45) is -5.23. The first-order chi connectivity index (χ1) is 14.4. The van der Waals surface area contributed by atoms with Crippen LogP contribution in [0, 0.1) is 0 Å². The third kappa shape index (κ3) is 4.33. The van der Waals surface area contributed by atoms with Crippen LogP contribution in [0.4, 0.5) is 0 Å². The van der Waals surface area contributed by atoms with Crippen molar-refractivity contribution >= 4 is 11.6 Å². The van der Waals surface area contributed by atoms with Gasteiger partial charge in [0.2, 0.25) is 5.79 Å². The molecule has 2 aromatic carbocycles. The molecule has 30 heavy (non-hydrogen) atoms. The van der Waals surface area contributed by atoms with Gasteiger partial charge < -0.3 is 34.6 Å². The molecule has 8 heteroatoms. The van der Waals surface area contributed by atoms with Crippen LogP contribution in [0.5, 0.6) is 5.75 Å². The molecule has 0 saturated carbocycles. The molecule has 4 N–H and O–H groups in total. The number of hydrogen-bond acceptors (Lipinski definition) is 7. The van der Waals surface area contributed by atoms with Crippen molar-refractivity contribution < 1.29 is 34.6 Å². The van der Waals surface area contributed by atoms with E-state index in [9.17, 15) is 20.4 Å². The zero-order valence-corrected chi connectivity index (χ0v) is 17.6. The maximum absolute atomic E-state index is 10.7. The zero-order chi connectivity index (χ0) is 21.9. The van der Waals surface area contributed by atoms with Gasteiger partial charge in [-0.3, -0.25) is 0 Å². The van der Waals surface area contributed by atoms with Crippen molar-refractivity contribution in [2.75, 3.05) is 20.3 Å². The minimum absolute atomic E-state index is 0.409. The molecule has 0 aromatic heterocycles. The second-order valence-corrected chi connectivity index (χ2v) is 7.60. The third-order valence-corrected chi connectivity index (χ3v) is 5.70. The molecule has 1 aliphatic heterocycles. The van der Waals surface area contributed by atoms with Gasteiger partial charge in [-0.25, -0.2) is 0 Å². The van der Waals surface area contributed by atoms with E-state index in [0.29, 0.717) is 23.6 Å². The number of aliphatic hydroxyl groups excluding tert-OH is 4. The minimum atomic E-state index is -1.77. The predicted molar refractivity (Wildman–Crippen MR) is 111 cm³/mol. The summed E-state index contributed by atoms with van der Waals surface area (Å²) >= 11 is 6.40. The van der Waals surface area contributed by atoms with Crippen LogP contribution < -0.4 is 4.74 Å². The highest BCUT2D eigenvalue weighted by Gasteiger charge is 2.55. The fourth-order valence-corrected chi connectivity index (χ4v) is 3.87. The Bertz CT molecular complexity index is 842. The van der Waals surface area contributed by atoms with E-state index in [1.165, 1.54) is 7.11 Å². The van der Waals surface area contributed by atoms with E-state index in [2.05, 4.69) is 0 Å². The summed E-state index contributed by atoms with van der Waals surface area (Å²) < 4.78 is 16.7. The Balaban J connectivity index is 1.94. The molecule has 1 saturated heterocycles. The Hall–Kier alpha value is -1.71. The molecular formula is C22H27ClO7. The summed E-state index contributed by atoms with van der Waals surface area (Å²) in [6.45, 7) is 1.95. The molecule has 0 spiro atoms. The van der Waals surface area contributed by atoms with Crippen LogP contribution in [0.1, 0.15) is 23.6 Å². The smallest absolute Gasteiger partial charge is 0.224 e. The number of aliphatic hydroxyl groups is 4. The minimum Gasteiger partial charge on any atom is -0.494 e. The Morgan fingerprint density at radius 2 is 1.77 bits per heavy atom. The fourth-order valence-electron chi connectivity index (χ4n) is 3.68. The molecule has 0 radical (unpaired) electrons. The van der Waals surface area contributed by atoms with E-state index in [-0.39, 0.29) is 0 Å². The molecule has 1 fully saturated rings. The maximum atomic E-state index is 10.7. The second-order valence-electron chi connectivity index (χ2n) is 7.20. The van der Waals surface area contributed by atoms with Gasteiger partial charge >= 0.3 is 0 Å². The molecule has 2 aromatic rings.